The lowest BCUT2D eigenvalue weighted by Crippen LogP contribution is -2.14. The van der Waals surface area contributed by atoms with E-state index in [1.807, 2.05) is 0 Å². The third-order valence-corrected chi connectivity index (χ3v) is 2.98. The predicted octanol–water partition coefficient (Wildman–Crippen LogP) is 2.83. The molecule has 1 saturated carbocycles. The summed E-state index contributed by atoms with van der Waals surface area (Å²) in [6.45, 7) is 0.488. The minimum absolute atomic E-state index is 0.488. The smallest absolute Gasteiger partial charge is 0.404 e. The van der Waals surface area contributed by atoms with E-state index >= 15 is 0 Å². The van der Waals surface area contributed by atoms with E-state index in [9.17, 15) is 4.79 Å². The van der Waals surface area contributed by atoms with Gasteiger partial charge in [0.15, 0.2) is 0 Å². The van der Waals surface area contributed by atoms with Crippen molar-refractivity contribution in [3.8, 4) is 0 Å². The number of unbranched alkanes of at least 4 members (excludes halogenated alkanes) is 1. The maximum atomic E-state index is 10.3. The van der Waals surface area contributed by atoms with E-state index in [0.29, 0.717) is 6.61 Å². The Balaban J connectivity index is 1.90. The summed E-state index contributed by atoms with van der Waals surface area (Å²) in [4.78, 5) is 10.3. The van der Waals surface area contributed by atoms with Gasteiger partial charge in [0, 0.05) is 0 Å². The van der Waals surface area contributed by atoms with Gasteiger partial charge in [-0.2, -0.15) is 0 Å². The minimum Gasteiger partial charge on any atom is -0.450 e. The molecule has 82 valence electrons. The molecule has 1 amide bonds. The molecule has 0 aromatic heterocycles. The zero-order valence-corrected chi connectivity index (χ0v) is 8.84. The van der Waals surface area contributed by atoms with Gasteiger partial charge in [0.2, 0.25) is 0 Å². The number of carbonyl (C=O) groups is 1. The summed E-state index contributed by atoms with van der Waals surface area (Å²) in [5, 5.41) is 0. The van der Waals surface area contributed by atoms with Gasteiger partial charge in [-0.05, 0) is 18.8 Å². The first-order valence-electron chi connectivity index (χ1n) is 5.71. The van der Waals surface area contributed by atoms with Crippen LogP contribution in [-0.4, -0.2) is 12.7 Å². The lowest BCUT2D eigenvalue weighted by Gasteiger charge is -2.21. The van der Waals surface area contributed by atoms with Crippen molar-refractivity contribution in [2.24, 2.45) is 11.7 Å². The first-order chi connectivity index (χ1) is 6.79. The predicted molar refractivity (Wildman–Crippen MR) is 56.0 cm³/mol. The van der Waals surface area contributed by atoms with Crippen LogP contribution in [-0.2, 0) is 4.74 Å². The highest BCUT2D eigenvalue weighted by molar-refractivity contribution is 5.64. The Hall–Kier alpha value is -0.730. The molecule has 3 heteroatoms. The molecule has 0 aromatic rings. The summed E-state index contributed by atoms with van der Waals surface area (Å²) < 4.78 is 4.67. The summed E-state index contributed by atoms with van der Waals surface area (Å²) in [5.74, 6) is 0.928. The molecular weight excluding hydrogens is 178 g/mol. The number of rotatable bonds is 5. The van der Waals surface area contributed by atoms with Crippen LogP contribution >= 0.6 is 0 Å². The van der Waals surface area contributed by atoms with Crippen molar-refractivity contribution in [3.63, 3.8) is 0 Å². The Morgan fingerprint density at radius 2 is 1.93 bits per heavy atom. The van der Waals surface area contributed by atoms with Gasteiger partial charge in [0.05, 0.1) is 6.61 Å². The second-order valence-corrected chi connectivity index (χ2v) is 4.17. The van der Waals surface area contributed by atoms with E-state index in [4.69, 9.17) is 5.73 Å². The molecular formula is C11H21NO2. The third-order valence-electron chi connectivity index (χ3n) is 2.98. The standard InChI is InChI=1S/C11H21NO2/c12-11(13)14-9-5-4-8-10-6-2-1-3-7-10/h10H,1-9H2,(H2,12,13). The van der Waals surface area contributed by atoms with Crippen LogP contribution in [0.25, 0.3) is 0 Å². The molecule has 0 unspecified atom stereocenters. The van der Waals surface area contributed by atoms with E-state index in [0.717, 1.165) is 18.8 Å². The summed E-state index contributed by atoms with van der Waals surface area (Å²) >= 11 is 0. The average molecular weight is 199 g/mol. The fraction of sp³-hybridized carbons (Fsp3) is 0.909. The van der Waals surface area contributed by atoms with Crippen molar-refractivity contribution in [1.82, 2.24) is 0 Å². The van der Waals surface area contributed by atoms with Gasteiger partial charge >= 0.3 is 6.09 Å². The van der Waals surface area contributed by atoms with Gasteiger partial charge in [-0.25, -0.2) is 4.79 Å². The van der Waals surface area contributed by atoms with Gasteiger partial charge < -0.3 is 10.5 Å². The van der Waals surface area contributed by atoms with Crippen LogP contribution in [0.4, 0.5) is 4.79 Å². The number of ether oxygens (including phenoxy) is 1. The van der Waals surface area contributed by atoms with Gasteiger partial charge in [-0.1, -0.05) is 38.5 Å². The number of nitrogens with two attached hydrogens (primary N) is 1. The molecule has 0 saturated heterocycles. The molecule has 1 aliphatic rings. The summed E-state index contributed by atoms with van der Waals surface area (Å²) in [7, 11) is 0. The van der Waals surface area contributed by atoms with E-state index in [1.165, 1.54) is 38.5 Å². The molecule has 0 aliphatic heterocycles. The molecule has 0 aromatic carbocycles. The SMILES string of the molecule is NC(=O)OCCCCC1CCCCC1. The van der Waals surface area contributed by atoms with Crippen molar-refractivity contribution in [2.75, 3.05) is 6.61 Å². The summed E-state index contributed by atoms with van der Waals surface area (Å²) in [6.07, 6.45) is 9.79. The molecule has 1 rings (SSSR count). The number of hydrogen-bond donors (Lipinski definition) is 1. The number of primary amides is 1. The summed E-state index contributed by atoms with van der Waals surface area (Å²) in [5.41, 5.74) is 4.86. The van der Waals surface area contributed by atoms with Crippen molar-refractivity contribution in [1.29, 1.82) is 0 Å². The molecule has 3 nitrogen and oxygen atoms in total. The van der Waals surface area contributed by atoms with Crippen molar-refractivity contribution < 1.29 is 9.53 Å². The molecule has 2 N–H and O–H groups in total. The van der Waals surface area contributed by atoms with Crippen molar-refractivity contribution >= 4 is 6.09 Å². The monoisotopic (exact) mass is 199 g/mol. The fourth-order valence-corrected chi connectivity index (χ4v) is 2.18. The van der Waals surface area contributed by atoms with Crippen molar-refractivity contribution in [2.45, 2.75) is 51.4 Å². The Morgan fingerprint density at radius 3 is 2.57 bits per heavy atom. The average Bonchev–Trinajstić information content (AvgIpc) is 2.18. The highest BCUT2D eigenvalue weighted by Gasteiger charge is 2.12. The molecule has 0 spiro atoms. The van der Waals surface area contributed by atoms with Crippen LogP contribution in [0, 0.1) is 5.92 Å². The zero-order valence-electron chi connectivity index (χ0n) is 8.84. The topological polar surface area (TPSA) is 52.3 Å². The highest BCUT2D eigenvalue weighted by Crippen LogP contribution is 2.27. The van der Waals surface area contributed by atoms with Gasteiger partial charge in [-0.15, -0.1) is 0 Å². The first kappa shape index (κ1) is 11.3. The molecule has 0 bridgehead atoms. The molecule has 14 heavy (non-hydrogen) atoms. The van der Waals surface area contributed by atoms with Crippen LogP contribution in [0.2, 0.25) is 0 Å². The number of amides is 1. The highest BCUT2D eigenvalue weighted by atomic mass is 16.5. The van der Waals surface area contributed by atoms with Crippen LogP contribution in [0.5, 0.6) is 0 Å². The summed E-state index contributed by atoms with van der Waals surface area (Å²) in [6, 6.07) is 0. The molecule has 0 heterocycles. The lowest BCUT2D eigenvalue weighted by atomic mass is 9.86. The van der Waals surface area contributed by atoms with E-state index in [-0.39, 0.29) is 0 Å². The quantitative estimate of drug-likeness (QED) is 0.692. The Morgan fingerprint density at radius 1 is 1.21 bits per heavy atom. The maximum absolute atomic E-state index is 10.3. The van der Waals surface area contributed by atoms with Crippen molar-refractivity contribution in [3.05, 3.63) is 0 Å². The van der Waals surface area contributed by atoms with Gasteiger partial charge in [0.1, 0.15) is 0 Å². The van der Waals surface area contributed by atoms with Gasteiger partial charge in [-0.3, -0.25) is 0 Å². The minimum atomic E-state index is -0.650. The number of hydrogen-bond acceptors (Lipinski definition) is 2. The van der Waals surface area contributed by atoms with Gasteiger partial charge in [0.25, 0.3) is 0 Å². The normalized spacial score (nSPS) is 18.0. The fourth-order valence-electron chi connectivity index (χ4n) is 2.18. The van der Waals surface area contributed by atoms with E-state index < -0.39 is 6.09 Å². The lowest BCUT2D eigenvalue weighted by molar-refractivity contribution is 0.153. The third kappa shape index (κ3) is 5.10. The Kier molecular flexibility index (Phi) is 5.42. The Labute approximate surface area is 86.0 Å². The first-order valence-corrected chi connectivity index (χ1v) is 5.71. The van der Waals surface area contributed by atoms with E-state index in [2.05, 4.69) is 4.74 Å². The van der Waals surface area contributed by atoms with Crippen LogP contribution in [0.15, 0.2) is 0 Å². The van der Waals surface area contributed by atoms with Crippen LogP contribution < -0.4 is 5.73 Å². The second kappa shape index (κ2) is 6.68. The molecule has 0 atom stereocenters. The largest absolute Gasteiger partial charge is 0.450 e. The van der Waals surface area contributed by atoms with Crippen LogP contribution in [0.1, 0.15) is 51.4 Å². The Bertz CT molecular complexity index is 165. The van der Waals surface area contributed by atoms with E-state index in [1.54, 1.807) is 0 Å². The molecule has 1 fully saturated rings. The number of carbonyl (C=O) groups excluding carboxylic acids is 1. The maximum Gasteiger partial charge on any atom is 0.404 e. The van der Waals surface area contributed by atoms with Crippen LogP contribution in [0.3, 0.4) is 0 Å². The molecule has 1 aliphatic carbocycles. The molecule has 0 radical (unpaired) electrons. The second-order valence-electron chi connectivity index (χ2n) is 4.17. The zero-order chi connectivity index (χ0) is 10.2.